The number of hydrogen-bond acceptors (Lipinski definition) is 3. The van der Waals surface area contributed by atoms with Crippen LogP contribution in [-0.4, -0.2) is 26.5 Å². The SMILES string of the molecule is CN1Cc2nn3ccc(=O)[nH]c3c2C1. The number of fused-ring (bicyclic) bond motifs is 3. The van der Waals surface area contributed by atoms with Crippen molar-refractivity contribution >= 4 is 5.65 Å². The van der Waals surface area contributed by atoms with E-state index >= 15 is 0 Å². The fraction of sp³-hybridized carbons (Fsp3) is 0.333. The maximum absolute atomic E-state index is 11.2. The lowest BCUT2D eigenvalue weighted by atomic mass is 10.3. The smallest absolute Gasteiger partial charge is 0.251 e. The van der Waals surface area contributed by atoms with Gasteiger partial charge in [-0.2, -0.15) is 5.10 Å². The predicted octanol–water partition coefficient (Wildman–Crippen LogP) is -0.0320. The number of aromatic nitrogens is 3. The predicted molar refractivity (Wildman–Crippen MR) is 51.0 cm³/mol. The lowest BCUT2D eigenvalue weighted by Gasteiger charge is -2.04. The van der Waals surface area contributed by atoms with Gasteiger partial charge in [0.2, 0.25) is 0 Å². The summed E-state index contributed by atoms with van der Waals surface area (Å²) in [5.41, 5.74) is 2.96. The van der Waals surface area contributed by atoms with Crippen LogP contribution in [0.1, 0.15) is 11.3 Å². The third kappa shape index (κ3) is 0.927. The van der Waals surface area contributed by atoms with Crippen LogP contribution in [0.5, 0.6) is 0 Å². The van der Waals surface area contributed by atoms with Gasteiger partial charge in [0, 0.05) is 30.9 Å². The van der Waals surface area contributed by atoms with Crippen LogP contribution in [0.15, 0.2) is 17.1 Å². The van der Waals surface area contributed by atoms with Gasteiger partial charge in [-0.25, -0.2) is 4.52 Å². The third-order valence-electron chi connectivity index (χ3n) is 2.55. The molecule has 1 aliphatic rings. The zero-order chi connectivity index (χ0) is 9.71. The zero-order valence-electron chi connectivity index (χ0n) is 7.82. The lowest BCUT2D eigenvalue weighted by molar-refractivity contribution is 0.348. The van der Waals surface area contributed by atoms with Crippen molar-refractivity contribution < 1.29 is 0 Å². The summed E-state index contributed by atoms with van der Waals surface area (Å²) in [4.78, 5) is 16.1. The Balaban J connectivity index is 2.35. The van der Waals surface area contributed by atoms with Crippen LogP contribution in [0, 0.1) is 0 Å². The molecule has 0 atom stereocenters. The molecule has 0 amide bonds. The molecule has 0 saturated carbocycles. The Morgan fingerprint density at radius 1 is 1.50 bits per heavy atom. The van der Waals surface area contributed by atoms with Gasteiger partial charge in [0.1, 0.15) is 5.65 Å². The molecule has 0 unspecified atom stereocenters. The molecule has 0 saturated heterocycles. The minimum Gasteiger partial charge on any atom is -0.307 e. The molecule has 0 fully saturated rings. The molecule has 3 heterocycles. The molecule has 0 bridgehead atoms. The molecule has 2 aromatic heterocycles. The first-order valence-corrected chi connectivity index (χ1v) is 4.52. The fourth-order valence-electron chi connectivity index (χ4n) is 1.93. The average molecular weight is 190 g/mol. The number of H-pyrrole nitrogens is 1. The molecule has 1 aliphatic heterocycles. The van der Waals surface area contributed by atoms with Gasteiger partial charge in [0.05, 0.1) is 5.69 Å². The van der Waals surface area contributed by atoms with Crippen molar-refractivity contribution in [2.75, 3.05) is 7.05 Å². The summed E-state index contributed by atoms with van der Waals surface area (Å²) >= 11 is 0. The fourth-order valence-corrected chi connectivity index (χ4v) is 1.93. The minimum atomic E-state index is -0.0743. The van der Waals surface area contributed by atoms with Gasteiger partial charge in [-0.05, 0) is 7.05 Å². The summed E-state index contributed by atoms with van der Waals surface area (Å²) in [5.74, 6) is 0. The summed E-state index contributed by atoms with van der Waals surface area (Å²) in [6.45, 7) is 1.72. The highest BCUT2D eigenvalue weighted by atomic mass is 16.1. The van der Waals surface area contributed by atoms with Crippen LogP contribution in [0.25, 0.3) is 5.65 Å². The van der Waals surface area contributed by atoms with E-state index in [0.717, 1.165) is 30.0 Å². The van der Waals surface area contributed by atoms with Crippen molar-refractivity contribution in [3.63, 3.8) is 0 Å². The lowest BCUT2D eigenvalue weighted by Crippen LogP contribution is -2.12. The van der Waals surface area contributed by atoms with E-state index < -0.39 is 0 Å². The topological polar surface area (TPSA) is 53.4 Å². The van der Waals surface area contributed by atoms with E-state index in [0.29, 0.717) is 0 Å². The molecular weight excluding hydrogens is 180 g/mol. The summed E-state index contributed by atoms with van der Waals surface area (Å²) in [5, 5.41) is 4.39. The van der Waals surface area contributed by atoms with Gasteiger partial charge in [-0.1, -0.05) is 0 Å². The van der Waals surface area contributed by atoms with Crippen LogP contribution in [0.3, 0.4) is 0 Å². The minimum absolute atomic E-state index is 0.0743. The van der Waals surface area contributed by atoms with Crippen LogP contribution in [0.4, 0.5) is 0 Å². The van der Waals surface area contributed by atoms with Crippen molar-refractivity contribution in [1.29, 1.82) is 0 Å². The van der Waals surface area contributed by atoms with Gasteiger partial charge in [0.25, 0.3) is 5.56 Å². The quantitative estimate of drug-likeness (QED) is 0.634. The monoisotopic (exact) mass is 190 g/mol. The van der Waals surface area contributed by atoms with Crippen molar-refractivity contribution in [2.24, 2.45) is 0 Å². The van der Waals surface area contributed by atoms with E-state index in [-0.39, 0.29) is 5.56 Å². The van der Waals surface area contributed by atoms with E-state index in [9.17, 15) is 4.79 Å². The molecular formula is C9H10N4O. The van der Waals surface area contributed by atoms with Crippen molar-refractivity contribution in [1.82, 2.24) is 19.5 Å². The Hall–Kier alpha value is -1.62. The molecule has 2 aromatic rings. The first-order chi connectivity index (χ1) is 6.74. The molecule has 0 aliphatic carbocycles. The van der Waals surface area contributed by atoms with E-state index in [1.807, 2.05) is 7.05 Å². The summed E-state index contributed by atoms with van der Waals surface area (Å²) in [6.07, 6.45) is 1.70. The summed E-state index contributed by atoms with van der Waals surface area (Å²) in [6, 6.07) is 1.48. The summed E-state index contributed by atoms with van der Waals surface area (Å²) in [7, 11) is 2.04. The number of aromatic amines is 1. The van der Waals surface area contributed by atoms with Gasteiger partial charge in [-0.3, -0.25) is 9.69 Å². The van der Waals surface area contributed by atoms with Crippen LogP contribution in [-0.2, 0) is 13.1 Å². The molecule has 0 spiro atoms. The van der Waals surface area contributed by atoms with Gasteiger partial charge in [0.15, 0.2) is 0 Å². The highest BCUT2D eigenvalue weighted by Gasteiger charge is 2.22. The van der Waals surface area contributed by atoms with Crippen molar-refractivity contribution in [3.8, 4) is 0 Å². The first kappa shape index (κ1) is 7.75. The second kappa shape index (κ2) is 2.45. The van der Waals surface area contributed by atoms with Crippen molar-refractivity contribution in [2.45, 2.75) is 13.1 Å². The Morgan fingerprint density at radius 2 is 2.36 bits per heavy atom. The zero-order valence-corrected chi connectivity index (χ0v) is 7.82. The number of nitrogens with one attached hydrogen (secondary N) is 1. The molecule has 5 nitrogen and oxygen atoms in total. The molecule has 0 radical (unpaired) electrons. The van der Waals surface area contributed by atoms with E-state index in [2.05, 4.69) is 15.0 Å². The van der Waals surface area contributed by atoms with Crippen LogP contribution in [0.2, 0.25) is 0 Å². The molecule has 1 N–H and O–H groups in total. The standard InChI is InChI=1S/C9H10N4O/c1-12-4-6-7(5-12)11-13-3-2-8(14)10-9(6)13/h2-3H,4-5H2,1H3,(H,10,14). The van der Waals surface area contributed by atoms with E-state index in [1.54, 1.807) is 10.7 Å². The van der Waals surface area contributed by atoms with Gasteiger partial charge >= 0.3 is 0 Å². The second-order valence-corrected chi connectivity index (χ2v) is 3.70. The Labute approximate surface area is 80.0 Å². The van der Waals surface area contributed by atoms with Gasteiger partial charge in [-0.15, -0.1) is 0 Å². The first-order valence-electron chi connectivity index (χ1n) is 4.52. The molecule has 5 heteroatoms. The normalized spacial score (nSPS) is 16.4. The van der Waals surface area contributed by atoms with Crippen LogP contribution < -0.4 is 5.56 Å². The van der Waals surface area contributed by atoms with Crippen LogP contribution >= 0.6 is 0 Å². The maximum atomic E-state index is 11.2. The summed E-state index contributed by atoms with van der Waals surface area (Å²) < 4.78 is 1.74. The average Bonchev–Trinajstić information content (AvgIpc) is 2.62. The van der Waals surface area contributed by atoms with E-state index in [1.165, 1.54) is 6.07 Å². The number of rotatable bonds is 0. The molecule has 14 heavy (non-hydrogen) atoms. The third-order valence-corrected chi connectivity index (χ3v) is 2.55. The highest BCUT2D eigenvalue weighted by Crippen LogP contribution is 2.22. The van der Waals surface area contributed by atoms with Gasteiger partial charge < -0.3 is 4.98 Å². The Bertz CT molecular complexity index is 553. The molecule has 72 valence electrons. The maximum Gasteiger partial charge on any atom is 0.251 e. The molecule has 0 aromatic carbocycles. The highest BCUT2D eigenvalue weighted by molar-refractivity contribution is 5.51. The largest absolute Gasteiger partial charge is 0.307 e. The Kier molecular flexibility index (Phi) is 1.36. The van der Waals surface area contributed by atoms with Crippen molar-refractivity contribution in [3.05, 3.63) is 33.9 Å². The Morgan fingerprint density at radius 3 is 3.21 bits per heavy atom. The second-order valence-electron chi connectivity index (χ2n) is 3.70. The molecule has 3 rings (SSSR count). The number of hydrogen-bond donors (Lipinski definition) is 1. The van der Waals surface area contributed by atoms with E-state index in [4.69, 9.17) is 0 Å². The number of nitrogens with zero attached hydrogens (tertiary/aromatic N) is 3.